The van der Waals surface area contributed by atoms with Crippen LogP contribution in [-0.2, 0) is 5.41 Å². The number of benzene rings is 9. The molecule has 0 spiro atoms. The lowest BCUT2D eigenvalue weighted by Crippen LogP contribution is -2.14. The van der Waals surface area contributed by atoms with E-state index in [0.29, 0.717) is 0 Å². The number of aromatic nitrogens is 1. The third-order valence-corrected chi connectivity index (χ3v) is 11.7. The standard InChI is InChI=1S/C56H44N2/c1-37-12-11-19-53(57-37)58(48-31-27-46(28-32-48)56(2,3)4)47-29-24-40(25-30-47)43-26-33-51-52(36-43)55(45-23-21-39-14-6-8-16-42(39)35-45)50-18-10-9-17-49(50)54(51)44-22-20-38-13-5-7-15-41(38)34-44/h5-36H,1-4H3. The molecule has 58 heavy (non-hydrogen) atoms. The van der Waals surface area contributed by atoms with Crippen LogP contribution in [0.15, 0.2) is 194 Å². The van der Waals surface area contributed by atoms with Gasteiger partial charge in [-0.2, -0.15) is 0 Å². The molecular weight excluding hydrogens is 701 g/mol. The summed E-state index contributed by atoms with van der Waals surface area (Å²) in [5, 5.41) is 9.96. The largest absolute Gasteiger partial charge is 0.295 e. The van der Waals surface area contributed by atoms with E-state index in [2.05, 4.69) is 214 Å². The Morgan fingerprint density at radius 3 is 1.43 bits per heavy atom. The first kappa shape index (κ1) is 35.4. The quantitative estimate of drug-likeness (QED) is 0.158. The van der Waals surface area contributed by atoms with E-state index in [1.807, 2.05) is 13.0 Å². The van der Waals surface area contributed by atoms with Crippen molar-refractivity contribution in [2.45, 2.75) is 33.1 Å². The fourth-order valence-corrected chi connectivity index (χ4v) is 8.65. The summed E-state index contributed by atoms with van der Waals surface area (Å²) in [6.45, 7) is 8.81. The smallest absolute Gasteiger partial charge is 0.137 e. The van der Waals surface area contributed by atoms with Crippen LogP contribution < -0.4 is 4.90 Å². The zero-order valence-electron chi connectivity index (χ0n) is 33.4. The van der Waals surface area contributed by atoms with Crippen LogP contribution in [0.25, 0.3) is 76.5 Å². The lowest BCUT2D eigenvalue weighted by molar-refractivity contribution is 0.590. The third kappa shape index (κ3) is 6.37. The Hall–Kier alpha value is -7.03. The van der Waals surface area contributed by atoms with Gasteiger partial charge < -0.3 is 0 Å². The van der Waals surface area contributed by atoms with Crippen LogP contribution in [0.1, 0.15) is 32.0 Å². The molecule has 278 valence electrons. The van der Waals surface area contributed by atoms with Crippen molar-refractivity contribution in [2.75, 3.05) is 4.90 Å². The Morgan fingerprint density at radius 1 is 0.379 bits per heavy atom. The van der Waals surface area contributed by atoms with E-state index in [9.17, 15) is 0 Å². The lowest BCUT2D eigenvalue weighted by atomic mass is 9.84. The molecule has 0 atom stereocenters. The highest BCUT2D eigenvalue weighted by atomic mass is 15.2. The molecule has 1 heterocycles. The molecule has 0 radical (unpaired) electrons. The van der Waals surface area contributed by atoms with E-state index < -0.39 is 0 Å². The third-order valence-electron chi connectivity index (χ3n) is 11.7. The van der Waals surface area contributed by atoms with Gasteiger partial charge in [-0.25, -0.2) is 4.98 Å². The van der Waals surface area contributed by atoms with Crippen LogP contribution in [-0.4, -0.2) is 4.98 Å². The molecule has 0 aliphatic rings. The summed E-state index contributed by atoms with van der Waals surface area (Å²) in [6.07, 6.45) is 0. The van der Waals surface area contributed by atoms with Crippen molar-refractivity contribution in [1.82, 2.24) is 4.98 Å². The normalized spacial score (nSPS) is 11.8. The number of hydrogen-bond donors (Lipinski definition) is 0. The van der Waals surface area contributed by atoms with Crippen LogP contribution in [0.4, 0.5) is 17.2 Å². The Kier molecular flexibility index (Phi) is 8.64. The number of pyridine rings is 1. The molecule has 2 nitrogen and oxygen atoms in total. The molecule has 0 aliphatic heterocycles. The van der Waals surface area contributed by atoms with Crippen LogP contribution in [0.5, 0.6) is 0 Å². The monoisotopic (exact) mass is 744 g/mol. The first-order chi connectivity index (χ1) is 28.3. The first-order valence-corrected chi connectivity index (χ1v) is 20.2. The van der Waals surface area contributed by atoms with Crippen molar-refractivity contribution < 1.29 is 0 Å². The molecule has 0 bridgehead atoms. The Bertz CT molecular complexity index is 3150. The zero-order chi connectivity index (χ0) is 39.4. The highest BCUT2D eigenvalue weighted by Crippen LogP contribution is 2.46. The van der Waals surface area contributed by atoms with E-state index in [1.54, 1.807) is 0 Å². The highest BCUT2D eigenvalue weighted by molar-refractivity contribution is 6.22. The second kappa shape index (κ2) is 14.2. The van der Waals surface area contributed by atoms with Crippen molar-refractivity contribution in [3.8, 4) is 33.4 Å². The lowest BCUT2D eigenvalue weighted by Gasteiger charge is -2.26. The van der Waals surface area contributed by atoms with Crippen molar-refractivity contribution in [3.63, 3.8) is 0 Å². The SMILES string of the molecule is Cc1cccc(N(c2ccc(-c3ccc4c(-c5ccc6ccccc6c5)c5ccccc5c(-c5ccc6ccccc6c5)c4c3)cc2)c2ccc(C(C)(C)C)cc2)n1. The molecule has 0 aliphatic carbocycles. The number of hydrogen-bond acceptors (Lipinski definition) is 2. The summed E-state index contributed by atoms with van der Waals surface area (Å²) in [6, 6.07) is 71.2. The molecule has 10 aromatic rings. The van der Waals surface area contributed by atoms with Gasteiger partial charge in [0.1, 0.15) is 5.82 Å². The second-order valence-corrected chi connectivity index (χ2v) is 16.5. The highest BCUT2D eigenvalue weighted by Gasteiger charge is 2.20. The minimum atomic E-state index is 0.0726. The van der Waals surface area contributed by atoms with E-state index in [1.165, 1.54) is 76.5 Å². The molecule has 2 heteroatoms. The van der Waals surface area contributed by atoms with E-state index in [0.717, 1.165) is 28.5 Å². The maximum Gasteiger partial charge on any atom is 0.137 e. The summed E-state index contributed by atoms with van der Waals surface area (Å²) in [5.74, 6) is 0.898. The molecule has 0 amide bonds. The van der Waals surface area contributed by atoms with Crippen molar-refractivity contribution >= 4 is 60.3 Å². The molecule has 0 fully saturated rings. The van der Waals surface area contributed by atoms with Gasteiger partial charge in [0.05, 0.1) is 0 Å². The number of fused-ring (bicyclic) bond motifs is 4. The van der Waals surface area contributed by atoms with E-state index in [-0.39, 0.29) is 5.41 Å². The molecular formula is C56H44N2. The van der Waals surface area contributed by atoms with Crippen molar-refractivity contribution in [3.05, 3.63) is 205 Å². The number of rotatable bonds is 6. The molecule has 0 unspecified atom stereocenters. The zero-order valence-corrected chi connectivity index (χ0v) is 33.4. The number of aryl methyl sites for hydroxylation is 1. The summed E-state index contributed by atoms with van der Waals surface area (Å²) in [7, 11) is 0. The van der Waals surface area contributed by atoms with E-state index in [4.69, 9.17) is 4.98 Å². The predicted molar refractivity (Wildman–Crippen MR) is 249 cm³/mol. The molecule has 0 saturated heterocycles. The molecule has 0 N–H and O–H groups in total. The summed E-state index contributed by atoms with van der Waals surface area (Å²) >= 11 is 0. The maximum absolute atomic E-state index is 4.97. The maximum atomic E-state index is 4.97. The molecule has 0 saturated carbocycles. The minimum Gasteiger partial charge on any atom is -0.295 e. The fourth-order valence-electron chi connectivity index (χ4n) is 8.65. The number of nitrogens with zero attached hydrogens (tertiary/aromatic N) is 2. The van der Waals surface area contributed by atoms with Gasteiger partial charge in [-0.3, -0.25) is 4.90 Å². The summed E-state index contributed by atoms with van der Waals surface area (Å²) in [4.78, 5) is 7.22. The van der Waals surface area contributed by atoms with Gasteiger partial charge in [-0.15, -0.1) is 0 Å². The summed E-state index contributed by atoms with van der Waals surface area (Å²) < 4.78 is 0. The summed E-state index contributed by atoms with van der Waals surface area (Å²) in [5.41, 5.74) is 11.8. The van der Waals surface area contributed by atoms with Crippen molar-refractivity contribution in [2.24, 2.45) is 0 Å². The van der Waals surface area contributed by atoms with E-state index >= 15 is 0 Å². The van der Waals surface area contributed by atoms with Crippen LogP contribution >= 0.6 is 0 Å². The van der Waals surface area contributed by atoms with Crippen LogP contribution in [0.2, 0.25) is 0 Å². The van der Waals surface area contributed by atoms with Gasteiger partial charge in [0.25, 0.3) is 0 Å². The van der Waals surface area contributed by atoms with Crippen molar-refractivity contribution in [1.29, 1.82) is 0 Å². The molecule has 1 aromatic heterocycles. The topological polar surface area (TPSA) is 16.1 Å². The average Bonchev–Trinajstić information content (AvgIpc) is 3.25. The Labute approximate surface area is 340 Å². The Morgan fingerprint density at radius 2 is 0.862 bits per heavy atom. The predicted octanol–water partition coefficient (Wildman–Crippen LogP) is 15.8. The molecule has 10 rings (SSSR count). The van der Waals surface area contributed by atoms with Gasteiger partial charge in [-0.05, 0) is 149 Å². The van der Waals surface area contributed by atoms with Gasteiger partial charge >= 0.3 is 0 Å². The van der Waals surface area contributed by atoms with Crippen LogP contribution in [0, 0.1) is 6.92 Å². The average molecular weight is 745 g/mol. The second-order valence-electron chi connectivity index (χ2n) is 16.5. The van der Waals surface area contributed by atoms with Gasteiger partial charge in [-0.1, -0.05) is 160 Å². The minimum absolute atomic E-state index is 0.0726. The first-order valence-electron chi connectivity index (χ1n) is 20.2. The van der Waals surface area contributed by atoms with Gasteiger partial charge in [0, 0.05) is 17.1 Å². The molecule has 9 aromatic carbocycles. The number of anilines is 3. The fraction of sp³-hybridized carbons (Fsp3) is 0.0893. The van der Waals surface area contributed by atoms with Gasteiger partial charge in [0.2, 0.25) is 0 Å². The van der Waals surface area contributed by atoms with Gasteiger partial charge in [0.15, 0.2) is 0 Å². The Balaban J connectivity index is 1.16. The van der Waals surface area contributed by atoms with Crippen LogP contribution in [0.3, 0.4) is 0 Å².